The summed E-state index contributed by atoms with van der Waals surface area (Å²) in [4.78, 5) is 4.53. The molecule has 0 spiro atoms. The summed E-state index contributed by atoms with van der Waals surface area (Å²) in [6.07, 6.45) is 14.9. The van der Waals surface area contributed by atoms with E-state index in [1.807, 2.05) is 6.20 Å². The van der Waals surface area contributed by atoms with Crippen LogP contribution in [0.25, 0.3) is 0 Å². The summed E-state index contributed by atoms with van der Waals surface area (Å²) >= 11 is 0. The fourth-order valence-corrected chi connectivity index (χ4v) is 3.63. The van der Waals surface area contributed by atoms with E-state index in [1.54, 1.807) is 0 Å². The molecule has 1 heterocycles. The second-order valence-electron chi connectivity index (χ2n) is 6.21. The summed E-state index contributed by atoms with van der Waals surface area (Å²) in [7, 11) is 0. The number of aromatic nitrogens is 2. The Labute approximate surface area is 110 Å². The molecule has 2 unspecified atom stereocenters. The summed E-state index contributed by atoms with van der Waals surface area (Å²) in [6.45, 7) is 2.38. The molecule has 2 aliphatic rings. The summed E-state index contributed by atoms with van der Waals surface area (Å²) in [6, 6.07) is 1.33. The van der Waals surface area contributed by atoms with Gasteiger partial charge in [-0.15, -0.1) is 0 Å². The van der Waals surface area contributed by atoms with Crippen LogP contribution >= 0.6 is 0 Å². The van der Waals surface area contributed by atoms with Crippen molar-refractivity contribution in [3.05, 3.63) is 12.4 Å². The molecule has 0 saturated heterocycles. The molecular weight excluding hydrogens is 222 g/mol. The minimum Gasteiger partial charge on any atom is -0.353 e. The molecule has 100 valence electrons. The Hall–Kier alpha value is -0.990. The Morgan fingerprint density at radius 1 is 1.17 bits per heavy atom. The number of anilines is 1. The first-order valence-corrected chi connectivity index (χ1v) is 7.62. The lowest BCUT2D eigenvalue weighted by molar-refractivity contribution is 0.284. The second kappa shape index (κ2) is 5.33. The van der Waals surface area contributed by atoms with E-state index in [-0.39, 0.29) is 0 Å². The first-order valence-electron chi connectivity index (χ1n) is 7.62. The van der Waals surface area contributed by atoms with Crippen molar-refractivity contribution in [2.75, 3.05) is 5.32 Å². The maximum absolute atomic E-state index is 4.53. The number of hydrogen-bond donors (Lipinski definition) is 1. The van der Waals surface area contributed by atoms with Crippen LogP contribution in [0.4, 0.5) is 5.95 Å². The molecular formula is C15H25N3. The SMILES string of the molecule is CC1CCCC(n2ccnc2NC2CCCC2)C1. The smallest absolute Gasteiger partial charge is 0.203 e. The van der Waals surface area contributed by atoms with Gasteiger partial charge in [0.15, 0.2) is 0 Å². The predicted octanol–water partition coefficient (Wildman–Crippen LogP) is 3.99. The van der Waals surface area contributed by atoms with Crippen molar-refractivity contribution in [1.29, 1.82) is 0 Å². The van der Waals surface area contributed by atoms with Gasteiger partial charge < -0.3 is 9.88 Å². The van der Waals surface area contributed by atoms with Crippen LogP contribution in [-0.2, 0) is 0 Å². The van der Waals surface area contributed by atoms with Gasteiger partial charge in [0.2, 0.25) is 5.95 Å². The lowest BCUT2D eigenvalue weighted by atomic mass is 9.87. The van der Waals surface area contributed by atoms with Gasteiger partial charge in [0.25, 0.3) is 0 Å². The Morgan fingerprint density at radius 2 is 2.00 bits per heavy atom. The number of rotatable bonds is 3. The number of nitrogens with one attached hydrogen (secondary N) is 1. The second-order valence-corrected chi connectivity index (χ2v) is 6.21. The highest BCUT2D eigenvalue weighted by Crippen LogP contribution is 2.34. The van der Waals surface area contributed by atoms with Crippen LogP contribution < -0.4 is 5.32 Å². The molecule has 3 nitrogen and oxygen atoms in total. The van der Waals surface area contributed by atoms with Crippen LogP contribution in [0, 0.1) is 5.92 Å². The van der Waals surface area contributed by atoms with Crippen molar-refractivity contribution in [3.8, 4) is 0 Å². The molecule has 1 aromatic heterocycles. The standard InChI is InChI=1S/C15H25N3/c1-12-5-4-8-14(11-12)18-10-9-16-15(18)17-13-6-2-3-7-13/h9-10,12-14H,2-8,11H2,1H3,(H,16,17). The van der Waals surface area contributed by atoms with Crippen molar-refractivity contribution >= 4 is 5.95 Å². The molecule has 0 amide bonds. The maximum atomic E-state index is 4.53. The van der Waals surface area contributed by atoms with Gasteiger partial charge >= 0.3 is 0 Å². The van der Waals surface area contributed by atoms with Crippen LogP contribution in [0.1, 0.15) is 64.3 Å². The Kier molecular flexibility index (Phi) is 3.57. The normalized spacial score (nSPS) is 29.6. The lowest BCUT2D eigenvalue weighted by Gasteiger charge is -2.29. The van der Waals surface area contributed by atoms with Crippen molar-refractivity contribution in [1.82, 2.24) is 9.55 Å². The molecule has 1 aromatic rings. The fourth-order valence-electron chi connectivity index (χ4n) is 3.63. The highest BCUT2D eigenvalue weighted by molar-refractivity contribution is 5.29. The van der Waals surface area contributed by atoms with E-state index in [0.29, 0.717) is 12.1 Å². The third kappa shape index (κ3) is 2.55. The van der Waals surface area contributed by atoms with Crippen molar-refractivity contribution in [2.24, 2.45) is 5.92 Å². The third-order valence-electron chi connectivity index (χ3n) is 4.66. The van der Waals surface area contributed by atoms with Crippen LogP contribution in [0.5, 0.6) is 0 Å². The minimum absolute atomic E-state index is 0.659. The van der Waals surface area contributed by atoms with E-state index in [1.165, 1.54) is 51.4 Å². The minimum atomic E-state index is 0.659. The lowest BCUT2D eigenvalue weighted by Crippen LogP contribution is -2.22. The van der Waals surface area contributed by atoms with Gasteiger partial charge in [-0.3, -0.25) is 0 Å². The summed E-state index contributed by atoms with van der Waals surface area (Å²) in [5, 5.41) is 3.65. The highest BCUT2D eigenvalue weighted by Gasteiger charge is 2.23. The summed E-state index contributed by atoms with van der Waals surface area (Å²) < 4.78 is 2.40. The molecule has 2 atom stereocenters. The molecule has 2 aliphatic carbocycles. The average Bonchev–Trinajstić information content (AvgIpc) is 3.01. The van der Waals surface area contributed by atoms with E-state index in [4.69, 9.17) is 0 Å². The molecule has 2 fully saturated rings. The quantitative estimate of drug-likeness (QED) is 0.875. The molecule has 2 saturated carbocycles. The van der Waals surface area contributed by atoms with Gasteiger partial charge in [-0.1, -0.05) is 32.6 Å². The van der Waals surface area contributed by atoms with E-state index in [2.05, 4.69) is 28.0 Å². The maximum Gasteiger partial charge on any atom is 0.203 e. The zero-order valence-electron chi connectivity index (χ0n) is 11.4. The molecule has 18 heavy (non-hydrogen) atoms. The molecule has 0 bridgehead atoms. The Balaban J connectivity index is 1.69. The fraction of sp³-hybridized carbons (Fsp3) is 0.800. The summed E-state index contributed by atoms with van der Waals surface area (Å²) in [5.74, 6) is 1.98. The third-order valence-corrected chi connectivity index (χ3v) is 4.66. The van der Waals surface area contributed by atoms with Gasteiger partial charge in [-0.25, -0.2) is 4.98 Å². The van der Waals surface area contributed by atoms with Gasteiger partial charge in [-0.2, -0.15) is 0 Å². The van der Waals surface area contributed by atoms with Crippen molar-refractivity contribution in [3.63, 3.8) is 0 Å². The largest absolute Gasteiger partial charge is 0.353 e. The van der Waals surface area contributed by atoms with E-state index in [9.17, 15) is 0 Å². The molecule has 1 N–H and O–H groups in total. The van der Waals surface area contributed by atoms with Gasteiger partial charge in [0, 0.05) is 24.5 Å². The Morgan fingerprint density at radius 3 is 2.78 bits per heavy atom. The average molecular weight is 247 g/mol. The van der Waals surface area contributed by atoms with Crippen molar-refractivity contribution < 1.29 is 0 Å². The summed E-state index contributed by atoms with van der Waals surface area (Å²) in [5.41, 5.74) is 0. The topological polar surface area (TPSA) is 29.9 Å². The number of imidazole rings is 1. The number of hydrogen-bond acceptors (Lipinski definition) is 2. The molecule has 3 rings (SSSR count). The molecule has 0 aliphatic heterocycles. The predicted molar refractivity (Wildman–Crippen MR) is 74.8 cm³/mol. The highest BCUT2D eigenvalue weighted by atomic mass is 15.2. The van der Waals surface area contributed by atoms with Gasteiger partial charge in [0.1, 0.15) is 0 Å². The van der Waals surface area contributed by atoms with Gasteiger partial charge in [-0.05, 0) is 31.6 Å². The van der Waals surface area contributed by atoms with E-state index < -0.39 is 0 Å². The molecule has 3 heteroatoms. The molecule has 0 aromatic carbocycles. The van der Waals surface area contributed by atoms with E-state index in [0.717, 1.165) is 11.9 Å². The van der Waals surface area contributed by atoms with Gasteiger partial charge in [0.05, 0.1) is 0 Å². The van der Waals surface area contributed by atoms with Crippen LogP contribution in [0.3, 0.4) is 0 Å². The van der Waals surface area contributed by atoms with Crippen LogP contribution in [0.2, 0.25) is 0 Å². The zero-order valence-corrected chi connectivity index (χ0v) is 11.4. The first kappa shape index (κ1) is 12.1. The molecule has 0 radical (unpaired) electrons. The number of nitrogens with zero attached hydrogens (tertiary/aromatic N) is 2. The van der Waals surface area contributed by atoms with Crippen LogP contribution in [-0.4, -0.2) is 15.6 Å². The Bertz CT molecular complexity index is 379. The first-order chi connectivity index (χ1) is 8.83. The van der Waals surface area contributed by atoms with Crippen LogP contribution in [0.15, 0.2) is 12.4 Å². The zero-order chi connectivity index (χ0) is 12.4. The monoisotopic (exact) mass is 247 g/mol. The van der Waals surface area contributed by atoms with Crippen molar-refractivity contribution in [2.45, 2.75) is 70.4 Å². The van der Waals surface area contributed by atoms with E-state index >= 15 is 0 Å².